The van der Waals surface area contributed by atoms with Gasteiger partial charge >= 0.3 is 0 Å². The molecule has 0 saturated carbocycles. The third-order valence-corrected chi connectivity index (χ3v) is 4.89. The van der Waals surface area contributed by atoms with Crippen LogP contribution in [0, 0.1) is 5.82 Å². The first-order valence-corrected chi connectivity index (χ1v) is 9.91. The molecule has 1 aromatic heterocycles. The minimum atomic E-state index is -0.261. The number of benzene rings is 3. The van der Waals surface area contributed by atoms with Crippen LogP contribution in [0.2, 0.25) is 0 Å². The molecule has 4 rings (SSSR count). The van der Waals surface area contributed by atoms with Crippen LogP contribution in [0.4, 0.5) is 9.52 Å². The van der Waals surface area contributed by atoms with Crippen LogP contribution in [-0.4, -0.2) is 11.2 Å². The van der Waals surface area contributed by atoms with Crippen molar-refractivity contribution in [3.63, 3.8) is 0 Å². The number of hydrogen-bond donors (Lipinski definition) is 1. The fourth-order valence-corrected chi connectivity index (χ4v) is 3.30. The third kappa shape index (κ3) is 5.27. The number of nitrogens with zero attached hydrogens (tertiary/aromatic N) is 2. The van der Waals surface area contributed by atoms with Crippen molar-refractivity contribution in [2.75, 3.05) is 5.43 Å². The van der Waals surface area contributed by atoms with Gasteiger partial charge in [0.25, 0.3) is 0 Å². The van der Waals surface area contributed by atoms with Gasteiger partial charge in [0.2, 0.25) is 5.13 Å². The summed E-state index contributed by atoms with van der Waals surface area (Å²) in [4.78, 5) is 4.46. The predicted molar refractivity (Wildman–Crippen MR) is 116 cm³/mol. The Labute approximate surface area is 172 Å². The van der Waals surface area contributed by atoms with Gasteiger partial charge in [-0.15, -0.1) is 11.3 Å². The lowest BCUT2D eigenvalue weighted by Crippen LogP contribution is -1.95. The molecule has 0 radical (unpaired) electrons. The average Bonchev–Trinajstić information content (AvgIpc) is 3.23. The Morgan fingerprint density at radius 3 is 2.48 bits per heavy atom. The summed E-state index contributed by atoms with van der Waals surface area (Å²) in [5, 5.41) is 6.80. The lowest BCUT2D eigenvalue weighted by molar-refractivity contribution is 0.306. The van der Waals surface area contributed by atoms with Crippen molar-refractivity contribution >= 4 is 22.7 Å². The smallest absolute Gasteiger partial charge is 0.203 e. The molecule has 0 aliphatic rings. The highest BCUT2D eigenvalue weighted by atomic mass is 32.1. The van der Waals surface area contributed by atoms with E-state index in [2.05, 4.69) is 15.5 Å². The molecule has 0 unspecified atom stereocenters. The zero-order chi connectivity index (χ0) is 19.9. The maximum absolute atomic E-state index is 13.0. The zero-order valence-corrected chi connectivity index (χ0v) is 16.3. The number of anilines is 1. The van der Waals surface area contributed by atoms with Crippen molar-refractivity contribution in [1.29, 1.82) is 0 Å². The lowest BCUT2D eigenvalue weighted by atomic mass is 10.2. The highest BCUT2D eigenvalue weighted by Crippen LogP contribution is 2.25. The average molecular weight is 403 g/mol. The van der Waals surface area contributed by atoms with E-state index in [1.165, 1.54) is 23.5 Å². The van der Waals surface area contributed by atoms with Crippen molar-refractivity contribution in [1.82, 2.24) is 4.98 Å². The molecule has 0 amide bonds. The van der Waals surface area contributed by atoms with E-state index in [4.69, 9.17) is 4.74 Å². The Balaban J connectivity index is 1.31. The molecule has 0 saturated heterocycles. The number of aromatic nitrogens is 1. The summed E-state index contributed by atoms with van der Waals surface area (Å²) in [6, 6.07) is 24.0. The van der Waals surface area contributed by atoms with Gasteiger partial charge in [-0.25, -0.2) is 9.37 Å². The fourth-order valence-electron chi connectivity index (χ4n) is 2.63. The van der Waals surface area contributed by atoms with Gasteiger partial charge in [-0.05, 0) is 59.7 Å². The van der Waals surface area contributed by atoms with Gasteiger partial charge in [0.1, 0.15) is 18.2 Å². The molecule has 3 aromatic carbocycles. The van der Waals surface area contributed by atoms with Gasteiger partial charge in [0.05, 0.1) is 11.9 Å². The number of halogens is 1. The summed E-state index contributed by atoms with van der Waals surface area (Å²) in [5.41, 5.74) is 6.65. The van der Waals surface area contributed by atoms with Gasteiger partial charge in [-0.3, -0.25) is 5.43 Å². The van der Waals surface area contributed by atoms with E-state index >= 15 is 0 Å². The SMILES string of the molecule is Fc1ccc(-c2csc(N/N=C\c3ccc(OCc4ccccc4)cc3)n2)cc1. The fraction of sp³-hybridized carbons (Fsp3) is 0.0435. The lowest BCUT2D eigenvalue weighted by Gasteiger charge is -2.06. The second-order valence-electron chi connectivity index (χ2n) is 6.26. The van der Waals surface area contributed by atoms with Gasteiger partial charge < -0.3 is 4.74 Å². The second-order valence-corrected chi connectivity index (χ2v) is 7.12. The number of hydrazone groups is 1. The minimum Gasteiger partial charge on any atom is -0.489 e. The predicted octanol–water partition coefficient (Wildman–Crippen LogP) is 5.97. The van der Waals surface area contributed by atoms with E-state index < -0.39 is 0 Å². The summed E-state index contributed by atoms with van der Waals surface area (Å²) in [6.45, 7) is 0.538. The molecule has 0 aliphatic carbocycles. The molecule has 0 bridgehead atoms. The molecule has 0 fully saturated rings. The highest BCUT2D eigenvalue weighted by molar-refractivity contribution is 7.14. The first kappa shape index (κ1) is 18.8. The zero-order valence-electron chi connectivity index (χ0n) is 15.5. The molecule has 0 atom stereocenters. The molecule has 1 heterocycles. The van der Waals surface area contributed by atoms with Crippen molar-refractivity contribution < 1.29 is 9.13 Å². The van der Waals surface area contributed by atoms with Crippen molar-refractivity contribution in [3.8, 4) is 17.0 Å². The largest absolute Gasteiger partial charge is 0.489 e. The maximum atomic E-state index is 13.0. The Hall–Kier alpha value is -3.51. The molecule has 4 nitrogen and oxygen atoms in total. The Kier molecular flexibility index (Phi) is 5.92. The quantitative estimate of drug-likeness (QED) is 0.305. The second kappa shape index (κ2) is 9.12. The standard InChI is InChI=1S/C23H18FN3OS/c24-20-10-8-19(9-11-20)22-16-29-23(26-22)27-25-14-17-6-12-21(13-7-17)28-15-18-4-2-1-3-5-18/h1-14,16H,15H2,(H,26,27)/b25-14-. The van der Waals surface area contributed by atoms with Gasteiger partial charge in [-0.1, -0.05) is 30.3 Å². The van der Waals surface area contributed by atoms with Crippen LogP contribution >= 0.6 is 11.3 Å². The molecular formula is C23H18FN3OS. The van der Waals surface area contributed by atoms with E-state index in [0.29, 0.717) is 11.7 Å². The van der Waals surface area contributed by atoms with Crippen LogP contribution in [0.5, 0.6) is 5.75 Å². The molecule has 29 heavy (non-hydrogen) atoms. The Bertz CT molecular complexity index is 1080. The van der Waals surface area contributed by atoms with Gasteiger partial charge in [-0.2, -0.15) is 5.10 Å². The van der Waals surface area contributed by atoms with Gasteiger partial charge in [0.15, 0.2) is 0 Å². The molecule has 1 N–H and O–H groups in total. The first-order valence-electron chi connectivity index (χ1n) is 9.03. The summed E-state index contributed by atoms with van der Waals surface area (Å²) < 4.78 is 18.8. The molecular weight excluding hydrogens is 385 g/mol. The van der Waals surface area contributed by atoms with Crippen LogP contribution in [0.3, 0.4) is 0 Å². The Morgan fingerprint density at radius 2 is 1.72 bits per heavy atom. The Morgan fingerprint density at radius 1 is 0.966 bits per heavy atom. The van der Waals surface area contributed by atoms with Crippen molar-refractivity contribution in [3.05, 3.63) is 101 Å². The van der Waals surface area contributed by atoms with E-state index in [0.717, 1.165) is 28.1 Å². The molecule has 0 aliphatic heterocycles. The monoisotopic (exact) mass is 403 g/mol. The van der Waals surface area contributed by atoms with Crippen molar-refractivity contribution in [2.45, 2.75) is 6.61 Å². The summed E-state index contributed by atoms with van der Waals surface area (Å²) >= 11 is 1.44. The molecule has 6 heteroatoms. The van der Waals surface area contributed by atoms with Crippen LogP contribution in [-0.2, 0) is 6.61 Å². The molecule has 144 valence electrons. The summed E-state index contributed by atoms with van der Waals surface area (Å²) in [5.74, 6) is 0.547. The van der Waals surface area contributed by atoms with Crippen LogP contribution in [0.15, 0.2) is 89.3 Å². The minimum absolute atomic E-state index is 0.261. The number of hydrogen-bond acceptors (Lipinski definition) is 5. The summed E-state index contributed by atoms with van der Waals surface area (Å²) in [6.07, 6.45) is 1.72. The normalized spacial score (nSPS) is 10.9. The van der Waals surface area contributed by atoms with E-state index in [-0.39, 0.29) is 5.82 Å². The topological polar surface area (TPSA) is 46.5 Å². The third-order valence-electron chi connectivity index (χ3n) is 4.15. The van der Waals surface area contributed by atoms with Gasteiger partial charge in [0, 0.05) is 10.9 Å². The number of rotatable bonds is 7. The van der Waals surface area contributed by atoms with E-state index in [1.54, 1.807) is 18.3 Å². The number of ether oxygens (including phenoxy) is 1. The summed E-state index contributed by atoms with van der Waals surface area (Å²) in [7, 11) is 0. The number of thiazole rings is 1. The highest BCUT2D eigenvalue weighted by Gasteiger charge is 2.04. The van der Waals surface area contributed by atoms with E-state index in [1.807, 2.05) is 60.0 Å². The first-order chi connectivity index (χ1) is 14.3. The van der Waals surface area contributed by atoms with Crippen LogP contribution in [0.1, 0.15) is 11.1 Å². The van der Waals surface area contributed by atoms with Crippen LogP contribution < -0.4 is 10.2 Å². The van der Waals surface area contributed by atoms with Crippen LogP contribution in [0.25, 0.3) is 11.3 Å². The molecule has 0 spiro atoms. The number of nitrogens with one attached hydrogen (secondary N) is 1. The van der Waals surface area contributed by atoms with E-state index in [9.17, 15) is 4.39 Å². The molecule has 4 aromatic rings. The van der Waals surface area contributed by atoms with Crippen molar-refractivity contribution in [2.24, 2.45) is 5.10 Å². The maximum Gasteiger partial charge on any atom is 0.203 e.